The molecule has 0 aromatic heterocycles. The first-order valence-electron chi connectivity index (χ1n) is 4.17. The summed E-state index contributed by atoms with van der Waals surface area (Å²) in [6.07, 6.45) is -0.764. The van der Waals surface area contributed by atoms with Gasteiger partial charge < -0.3 is 0 Å². The third kappa shape index (κ3) is 3.99. The van der Waals surface area contributed by atoms with Crippen LogP contribution in [0.15, 0.2) is 28.7 Å². The first kappa shape index (κ1) is 12.8. The molecule has 1 aromatic carbocycles. The summed E-state index contributed by atoms with van der Waals surface area (Å²) in [5.41, 5.74) is 0.304. The molecule has 1 rings (SSSR count). The van der Waals surface area contributed by atoms with E-state index in [1.807, 2.05) is 0 Å². The van der Waals surface area contributed by atoms with Crippen LogP contribution in [0.4, 0.5) is 8.78 Å². The van der Waals surface area contributed by atoms with E-state index in [0.717, 1.165) is 4.47 Å². The molecule has 0 radical (unpaired) electrons. The molecule has 0 aliphatic rings. The number of ketones is 1. The molecular formula is C10H8Br2F2O. The number of alkyl halides is 3. The van der Waals surface area contributed by atoms with Crippen molar-refractivity contribution in [2.45, 2.75) is 12.3 Å². The molecule has 15 heavy (non-hydrogen) atoms. The third-order valence-electron chi connectivity index (χ3n) is 1.78. The second-order valence-corrected chi connectivity index (χ2v) is 4.57. The van der Waals surface area contributed by atoms with Gasteiger partial charge in [-0.3, -0.25) is 4.79 Å². The van der Waals surface area contributed by atoms with E-state index in [4.69, 9.17) is 0 Å². The summed E-state index contributed by atoms with van der Waals surface area (Å²) >= 11 is 5.88. The molecule has 0 bridgehead atoms. The number of hydrogen-bond acceptors (Lipinski definition) is 1. The molecule has 82 valence electrons. The van der Waals surface area contributed by atoms with Gasteiger partial charge in [0.1, 0.15) is 0 Å². The molecule has 0 heterocycles. The largest absolute Gasteiger partial charge is 0.294 e. The predicted molar refractivity (Wildman–Crippen MR) is 61.8 cm³/mol. The second kappa shape index (κ2) is 5.16. The minimum absolute atomic E-state index is 0.304. The number of rotatable bonds is 4. The molecular weight excluding hydrogens is 334 g/mol. The lowest BCUT2D eigenvalue weighted by Crippen LogP contribution is -2.22. The Labute approximate surface area is 103 Å². The molecule has 0 spiro atoms. The highest BCUT2D eigenvalue weighted by molar-refractivity contribution is 9.10. The Morgan fingerprint density at radius 3 is 2.27 bits per heavy atom. The van der Waals surface area contributed by atoms with E-state index in [1.54, 1.807) is 12.1 Å². The van der Waals surface area contributed by atoms with Crippen LogP contribution < -0.4 is 0 Å². The fourth-order valence-corrected chi connectivity index (χ4v) is 1.48. The minimum atomic E-state index is -2.98. The van der Waals surface area contributed by atoms with Crippen LogP contribution in [0.3, 0.4) is 0 Å². The highest BCUT2D eigenvalue weighted by Gasteiger charge is 2.30. The van der Waals surface area contributed by atoms with Crippen LogP contribution in [0.2, 0.25) is 0 Å². The number of hydrogen-bond donors (Lipinski definition) is 0. The molecule has 0 saturated heterocycles. The maximum absolute atomic E-state index is 12.9. The van der Waals surface area contributed by atoms with Crippen molar-refractivity contribution in [1.82, 2.24) is 0 Å². The normalized spacial score (nSPS) is 11.5. The van der Waals surface area contributed by atoms with Gasteiger partial charge in [0.05, 0.1) is 11.8 Å². The smallest absolute Gasteiger partial charge is 0.264 e. The Kier molecular flexibility index (Phi) is 4.40. The van der Waals surface area contributed by atoms with Crippen molar-refractivity contribution in [2.75, 3.05) is 5.33 Å². The Bertz CT molecular complexity index is 349. The summed E-state index contributed by atoms with van der Waals surface area (Å²) in [5, 5.41) is -0.498. The molecule has 1 aromatic rings. The van der Waals surface area contributed by atoms with E-state index in [1.165, 1.54) is 12.1 Å². The minimum Gasteiger partial charge on any atom is -0.294 e. The van der Waals surface area contributed by atoms with Gasteiger partial charge >= 0.3 is 0 Å². The van der Waals surface area contributed by atoms with Crippen molar-refractivity contribution in [2.24, 2.45) is 0 Å². The maximum Gasteiger partial charge on any atom is 0.264 e. The average molecular weight is 342 g/mol. The standard InChI is InChI=1S/C10H8Br2F2O/c11-6-10(13,14)5-9(15)7-1-3-8(12)4-2-7/h1-4H,5-6H2. The summed E-state index contributed by atoms with van der Waals surface area (Å²) in [5.74, 6) is -3.53. The maximum atomic E-state index is 12.9. The first-order chi connectivity index (χ1) is 6.94. The molecule has 0 N–H and O–H groups in total. The molecule has 0 aliphatic heterocycles. The Balaban J connectivity index is 2.74. The van der Waals surface area contributed by atoms with E-state index in [2.05, 4.69) is 31.9 Å². The van der Waals surface area contributed by atoms with Crippen molar-refractivity contribution in [3.05, 3.63) is 34.3 Å². The number of carbonyl (C=O) groups excluding carboxylic acids is 1. The van der Waals surface area contributed by atoms with E-state index >= 15 is 0 Å². The molecule has 0 amide bonds. The van der Waals surface area contributed by atoms with Crippen LogP contribution in [0.25, 0.3) is 0 Å². The van der Waals surface area contributed by atoms with E-state index in [0.29, 0.717) is 5.56 Å². The Morgan fingerprint density at radius 2 is 1.80 bits per heavy atom. The number of halogens is 4. The van der Waals surface area contributed by atoms with Crippen LogP contribution in [-0.2, 0) is 0 Å². The lowest BCUT2D eigenvalue weighted by molar-refractivity contribution is 0.0212. The van der Waals surface area contributed by atoms with Gasteiger partial charge in [-0.15, -0.1) is 0 Å². The molecule has 1 nitrogen and oxygen atoms in total. The van der Waals surface area contributed by atoms with Gasteiger partial charge in [-0.2, -0.15) is 0 Å². The predicted octanol–water partition coefficient (Wildman–Crippen LogP) is 4.05. The van der Waals surface area contributed by atoms with Crippen LogP contribution in [0, 0.1) is 0 Å². The SMILES string of the molecule is O=C(CC(F)(F)CBr)c1ccc(Br)cc1. The Morgan fingerprint density at radius 1 is 1.27 bits per heavy atom. The lowest BCUT2D eigenvalue weighted by atomic mass is 10.1. The Hall–Kier alpha value is -0.290. The monoisotopic (exact) mass is 340 g/mol. The zero-order valence-electron chi connectivity index (χ0n) is 7.64. The number of benzene rings is 1. The molecule has 0 atom stereocenters. The van der Waals surface area contributed by atoms with Crippen LogP contribution in [0.1, 0.15) is 16.8 Å². The van der Waals surface area contributed by atoms with Gasteiger partial charge in [0, 0.05) is 10.0 Å². The summed E-state index contributed by atoms with van der Waals surface area (Å²) in [7, 11) is 0. The van der Waals surface area contributed by atoms with Crippen molar-refractivity contribution in [3.8, 4) is 0 Å². The van der Waals surface area contributed by atoms with E-state index in [9.17, 15) is 13.6 Å². The van der Waals surface area contributed by atoms with Gasteiger partial charge in [-0.25, -0.2) is 8.78 Å². The summed E-state index contributed by atoms with van der Waals surface area (Å²) in [4.78, 5) is 11.4. The molecule has 5 heteroatoms. The molecule has 0 fully saturated rings. The van der Waals surface area contributed by atoms with Crippen molar-refractivity contribution in [3.63, 3.8) is 0 Å². The molecule has 0 saturated carbocycles. The lowest BCUT2D eigenvalue weighted by Gasteiger charge is -2.11. The number of Topliss-reactive ketones (excluding diaryl/α,β-unsaturated/α-hetero) is 1. The second-order valence-electron chi connectivity index (χ2n) is 3.10. The summed E-state index contributed by atoms with van der Waals surface area (Å²) in [6.45, 7) is 0. The zero-order valence-corrected chi connectivity index (χ0v) is 10.8. The van der Waals surface area contributed by atoms with Crippen LogP contribution >= 0.6 is 31.9 Å². The van der Waals surface area contributed by atoms with Crippen LogP contribution in [0.5, 0.6) is 0 Å². The van der Waals surface area contributed by atoms with Crippen LogP contribution in [-0.4, -0.2) is 17.0 Å². The quantitative estimate of drug-likeness (QED) is 0.596. The first-order valence-corrected chi connectivity index (χ1v) is 6.08. The summed E-state index contributed by atoms with van der Waals surface area (Å²) < 4.78 is 26.6. The summed E-state index contributed by atoms with van der Waals surface area (Å²) in [6, 6.07) is 6.35. The fourth-order valence-electron chi connectivity index (χ4n) is 1.02. The highest BCUT2D eigenvalue weighted by atomic mass is 79.9. The van der Waals surface area contributed by atoms with Gasteiger partial charge in [0.25, 0.3) is 5.92 Å². The van der Waals surface area contributed by atoms with Crippen molar-refractivity contribution >= 4 is 37.6 Å². The molecule has 0 unspecified atom stereocenters. The van der Waals surface area contributed by atoms with Gasteiger partial charge in [-0.05, 0) is 12.1 Å². The average Bonchev–Trinajstić information content (AvgIpc) is 2.18. The van der Waals surface area contributed by atoms with Crippen molar-refractivity contribution in [1.29, 1.82) is 0 Å². The van der Waals surface area contributed by atoms with Gasteiger partial charge in [0.15, 0.2) is 5.78 Å². The van der Waals surface area contributed by atoms with Gasteiger partial charge in [0.2, 0.25) is 0 Å². The van der Waals surface area contributed by atoms with E-state index in [-0.39, 0.29) is 0 Å². The number of carbonyl (C=O) groups is 1. The highest BCUT2D eigenvalue weighted by Crippen LogP contribution is 2.23. The zero-order chi connectivity index (χ0) is 11.5. The van der Waals surface area contributed by atoms with E-state index < -0.39 is 23.5 Å². The van der Waals surface area contributed by atoms with Crippen molar-refractivity contribution < 1.29 is 13.6 Å². The fraction of sp³-hybridized carbons (Fsp3) is 0.300. The third-order valence-corrected chi connectivity index (χ3v) is 3.13. The topological polar surface area (TPSA) is 17.1 Å². The molecule has 0 aliphatic carbocycles. The van der Waals surface area contributed by atoms with Gasteiger partial charge in [-0.1, -0.05) is 44.0 Å².